The van der Waals surface area contributed by atoms with E-state index in [-0.39, 0.29) is 0 Å². The van der Waals surface area contributed by atoms with Crippen molar-refractivity contribution in [3.05, 3.63) is 72.1 Å². The van der Waals surface area contributed by atoms with Crippen molar-refractivity contribution >= 4 is 16.7 Å². The molecule has 0 spiro atoms. The van der Waals surface area contributed by atoms with Gasteiger partial charge in [-0.2, -0.15) is 0 Å². The average Bonchev–Trinajstić information content (AvgIpc) is 2.80. The summed E-state index contributed by atoms with van der Waals surface area (Å²) in [7, 11) is 1.67. The molecular formula is C24H30N4O2. The molecule has 0 unspecified atom stereocenters. The SMILES string of the molecule is CCOCCCNC(=NCc1ccc(OC)cc1)NCc1nccc2ccccc12. The van der Waals surface area contributed by atoms with Crippen LogP contribution in [0.5, 0.6) is 5.75 Å². The fraction of sp³-hybridized carbons (Fsp3) is 0.333. The highest BCUT2D eigenvalue weighted by atomic mass is 16.5. The molecule has 0 fully saturated rings. The van der Waals surface area contributed by atoms with Gasteiger partial charge in [-0.15, -0.1) is 0 Å². The Morgan fingerprint density at radius 1 is 1.03 bits per heavy atom. The van der Waals surface area contributed by atoms with Crippen LogP contribution in [-0.2, 0) is 17.8 Å². The predicted molar refractivity (Wildman–Crippen MR) is 122 cm³/mol. The van der Waals surface area contributed by atoms with Crippen LogP contribution in [0.25, 0.3) is 10.8 Å². The number of methoxy groups -OCH3 is 1. The minimum absolute atomic E-state index is 0.577. The molecule has 2 N–H and O–H groups in total. The van der Waals surface area contributed by atoms with E-state index in [0.717, 1.165) is 54.5 Å². The zero-order valence-corrected chi connectivity index (χ0v) is 17.7. The second kappa shape index (κ2) is 11.8. The van der Waals surface area contributed by atoms with Crippen LogP contribution < -0.4 is 15.4 Å². The highest BCUT2D eigenvalue weighted by Gasteiger charge is 2.04. The van der Waals surface area contributed by atoms with Crippen molar-refractivity contribution in [3.63, 3.8) is 0 Å². The van der Waals surface area contributed by atoms with Crippen LogP contribution in [-0.4, -0.2) is 37.8 Å². The molecule has 0 aliphatic heterocycles. The summed E-state index contributed by atoms with van der Waals surface area (Å²) in [5.41, 5.74) is 2.12. The summed E-state index contributed by atoms with van der Waals surface area (Å²) >= 11 is 0. The van der Waals surface area contributed by atoms with Gasteiger partial charge in [0.1, 0.15) is 5.75 Å². The Hall–Kier alpha value is -3.12. The van der Waals surface area contributed by atoms with E-state index in [9.17, 15) is 0 Å². The third kappa shape index (κ3) is 6.46. The Kier molecular flexibility index (Phi) is 8.47. The first-order valence-electron chi connectivity index (χ1n) is 10.4. The number of ether oxygens (including phenoxy) is 2. The van der Waals surface area contributed by atoms with Crippen LogP contribution in [0.2, 0.25) is 0 Å². The number of pyridine rings is 1. The predicted octanol–water partition coefficient (Wildman–Crippen LogP) is 3.91. The average molecular weight is 407 g/mol. The smallest absolute Gasteiger partial charge is 0.191 e. The lowest BCUT2D eigenvalue weighted by atomic mass is 10.1. The number of hydrogen-bond donors (Lipinski definition) is 2. The van der Waals surface area contributed by atoms with Gasteiger partial charge in [0.2, 0.25) is 0 Å². The van der Waals surface area contributed by atoms with Gasteiger partial charge >= 0.3 is 0 Å². The van der Waals surface area contributed by atoms with Crippen molar-refractivity contribution in [3.8, 4) is 5.75 Å². The molecule has 0 amide bonds. The molecule has 0 aliphatic carbocycles. The molecule has 1 aromatic heterocycles. The number of aliphatic imine (C=N–C) groups is 1. The summed E-state index contributed by atoms with van der Waals surface area (Å²) < 4.78 is 10.6. The molecule has 2 aromatic carbocycles. The highest BCUT2D eigenvalue weighted by Crippen LogP contribution is 2.16. The number of benzene rings is 2. The molecule has 6 nitrogen and oxygen atoms in total. The second-order valence-corrected chi connectivity index (χ2v) is 6.82. The van der Waals surface area contributed by atoms with Crippen molar-refractivity contribution in [1.29, 1.82) is 0 Å². The van der Waals surface area contributed by atoms with Crippen LogP contribution in [0.1, 0.15) is 24.6 Å². The number of fused-ring (bicyclic) bond motifs is 1. The van der Waals surface area contributed by atoms with E-state index < -0.39 is 0 Å². The zero-order valence-electron chi connectivity index (χ0n) is 17.7. The van der Waals surface area contributed by atoms with Gasteiger partial charge in [-0.25, -0.2) is 4.99 Å². The fourth-order valence-corrected chi connectivity index (χ4v) is 3.09. The third-order valence-corrected chi connectivity index (χ3v) is 4.72. The van der Waals surface area contributed by atoms with Crippen molar-refractivity contribution in [2.75, 3.05) is 26.9 Å². The number of nitrogens with one attached hydrogen (secondary N) is 2. The quantitative estimate of drug-likeness (QED) is 0.304. The van der Waals surface area contributed by atoms with Gasteiger partial charge in [0.25, 0.3) is 0 Å². The van der Waals surface area contributed by atoms with Gasteiger partial charge < -0.3 is 20.1 Å². The third-order valence-electron chi connectivity index (χ3n) is 4.72. The summed E-state index contributed by atoms with van der Waals surface area (Å²) in [6.45, 7) is 5.45. The molecule has 3 aromatic rings. The summed E-state index contributed by atoms with van der Waals surface area (Å²) in [6, 6.07) is 18.3. The summed E-state index contributed by atoms with van der Waals surface area (Å²) in [5, 5.41) is 9.16. The van der Waals surface area contributed by atoms with Gasteiger partial charge in [-0.1, -0.05) is 36.4 Å². The monoisotopic (exact) mass is 406 g/mol. The number of hydrogen-bond acceptors (Lipinski definition) is 4. The molecule has 3 rings (SSSR count). The Labute approximate surface area is 178 Å². The highest BCUT2D eigenvalue weighted by molar-refractivity contribution is 5.85. The number of guanidine groups is 1. The minimum Gasteiger partial charge on any atom is -0.497 e. The zero-order chi connectivity index (χ0) is 21.0. The van der Waals surface area contributed by atoms with Crippen LogP contribution in [0, 0.1) is 0 Å². The maximum Gasteiger partial charge on any atom is 0.191 e. The molecule has 0 aliphatic rings. The lowest BCUT2D eigenvalue weighted by Gasteiger charge is -2.13. The van der Waals surface area contributed by atoms with E-state index in [1.165, 1.54) is 5.39 Å². The molecule has 0 atom stereocenters. The van der Waals surface area contributed by atoms with Gasteiger partial charge in [0.05, 0.1) is 25.9 Å². The summed E-state index contributed by atoms with van der Waals surface area (Å²) in [6.07, 6.45) is 2.77. The Morgan fingerprint density at radius 2 is 1.87 bits per heavy atom. The van der Waals surface area contributed by atoms with Crippen LogP contribution in [0.15, 0.2) is 65.8 Å². The van der Waals surface area contributed by atoms with Gasteiger partial charge in [0.15, 0.2) is 5.96 Å². The lowest BCUT2D eigenvalue weighted by molar-refractivity contribution is 0.145. The largest absolute Gasteiger partial charge is 0.497 e. The topological polar surface area (TPSA) is 67.8 Å². The Bertz CT molecular complexity index is 936. The molecule has 0 bridgehead atoms. The molecule has 0 radical (unpaired) electrons. The van der Waals surface area contributed by atoms with Crippen LogP contribution in [0.4, 0.5) is 0 Å². The van der Waals surface area contributed by atoms with E-state index in [0.29, 0.717) is 13.1 Å². The van der Waals surface area contributed by atoms with Crippen molar-refractivity contribution in [1.82, 2.24) is 15.6 Å². The second-order valence-electron chi connectivity index (χ2n) is 6.82. The van der Waals surface area contributed by atoms with Crippen LogP contribution >= 0.6 is 0 Å². The molecule has 0 saturated carbocycles. The van der Waals surface area contributed by atoms with Gasteiger partial charge in [-0.3, -0.25) is 4.98 Å². The number of nitrogens with zero attached hydrogens (tertiary/aromatic N) is 2. The van der Waals surface area contributed by atoms with E-state index in [1.807, 2.05) is 55.6 Å². The number of aromatic nitrogens is 1. The van der Waals surface area contributed by atoms with E-state index in [1.54, 1.807) is 7.11 Å². The maximum atomic E-state index is 5.42. The van der Waals surface area contributed by atoms with Gasteiger partial charge in [-0.05, 0) is 42.5 Å². The molecule has 0 saturated heterocycles. The van der Waals surface area contributed by atoms with Crippen LogP contribution in [0.3, 0.4) is 0 Å². The molecule has 1 heterocycles. The maximum absolute atomic E-state index is 5.42. The summed E-state index contributed by atoms with van der Waals surface area (Å²) in [4.78, 5) is 9.31. The van der Waals surface area contributed by atoms with Crippen molar-refractivity contribution < 1.29 is 9.47 Å². The standard InChI is InChI=1S/C24H30N4O2/c1-3-30-16-6-14-26-24(27-17-19-9-11-21(29-2)12-10-19)28-18-23-22-8-5-4-7-20(22)13-15-25-23/h4-5,7-13,15H,3,6,14,16-18H2,1-2H3,(H2,26,27,28). The number of rotatable bonds is 10. The van der Waals surface area contributed by atoms with E-state index >= 15 is 0 Å². The first kappa shape index (κ1) is 21.6. The summed E-state index contributed by atoms with van der Waals surface area (Å²) in [5.74, 6) is 1.61. The normalized spacial score (nSPS) is 11.5. The van der Waals surface area contributed by atoms with Crippen molar-refractivity contribution in [2.45, 2.75) is 26.4 Å². The van der Waals surface area contributed by atoms with E-state index in [2.05, 4.69) is 27.8 Å². The first-order valence-corrected chi connectivity index (χ1v) is 10.4. The lowest BCUT2D eigenvalue weighted by Crippen LogP contribution is -2.38. The minimum atomic E-state index is 0.577. The van der Waals surface area contributed by atoms with E-state index in [4.69, 9.17) is 14.5 Å². The van der Waals surface area contributed by atoms with Crippen molar-refractivity contribution in [2.24, 2.45) is 4.99 Å². The Balaban J connectivity index is 1.66. The molecule has 158 valence electrons. The van der Waals surface area contributed by atoms with Gasteiger partial charge in [0, 0.05) is 31.3 Å². The fourth-order valence-electron chi connectivity index (χ4n) is 3.09. The molecule has 6 heteroatoms. The molecular weight excluding hydrogens is 376 g/mol. The Morgan fingerprint density at radius 3 is 2.67 bits per heavy atom. The first-order chi connectivity index (χ1) is 14.8. The molecule has 30 heavy (non-hydrogen) atoms.